The molecule has 13 nitrogen and oxygen atoms in total. The summed E-state index contributed by atoms with van der Waals surface area (Å²) >= 11 is 0. The molecule has 0 fully saturated rings. The molecule has 51 heavy (non-hydrogen) atoms. The number of phenols is 3. The van der Waals surface area contributed by atoms with Crippen molar-refractivity contribution in [3.05, 3.63) is 53.3 Å². The Bertz CT molecular complexity index is 1800. The van der Waals surface area contributed by atoms with E-state index in [1.165, 1.54) is 53.3 Å². The van der Waals surface area contributed by atoms with E-state index >= 15 is 0 Å². The molecule has 3 aliphatic heterocycles. The lowest BCUT2D eigenvalue weighted by molar-refractivity contribution is -0.160. The number of Topliss-reactive ketones (excluding diaryl/α,β-unsaturated/α-hetero) is 1. The highest BCUT2D eigenvalue weighted by molar-refractivity contribution is 6.21. The van der Waals surface area contributed by atoms with Crippen molar-refractivity contribution in [2.45, 2.75) is 85.6 Å². The lowest BCUT2D eigenvalue weighted by Gasteiger charge is -2.38. The minimum atomic E-state index is -1.98. The lowest BCUT2D eigenvalue weighted by atomic mass is 9.78. The van der Waals surface area contributed by atoms with Gasteiger partial charge in [0.25, 0.3) is 11.7 Å². The zero-order valence-corrected chi connectivity index (χ0v) is 30.6. The van der Waals surface area contributed by atoms with E-state index in [1.807, 2.05) is 0 Å². The van der Waals surface area contributed by atoms with Gasteiger partial charge in [-0.25, -0.2) is 0 Å². The second-order valence-electron chi connectivity index (χ2n) is 13.8. The minimum Gasteiger partial charge on any atom is -0.507 e. The predicted molar refractivity (Wildman–Crippen MR) is 189 cm³/mol. The molecule has 5 N–H and O–H groups in total. The monoisotopic (exact) mass is 711 g/mol. The van der Waals surface area contributed by atoms with E-state index in [4.69, 9.17) is 18.9 Å². The minimum absolute atomic E-state index is 0.0659. The maximum atomic E-state index is 14.0. The van der Waals surface area contributed by atoms with Gasteiger partial charge in [0.15, 0.2) is 5.75 Å². The standard InChI is InChI=1S/C38H49NO12/c1-17-12-11-13-18(2)37(47)39(9)24-16-25(41)27-28(33(24)45)32(44)22(6)35-29(27)36(46)38(8,51-35)49-15-14-26(48-10)19(3)34(50-23(7)40)21(5)31(43)20(4)30(17)42/h11-17,19-21,26,30-31,34,41-45H,1-10H3/b12-11+,15-14+,18-13-/t17-,19+,20+,21+,26-,30-,31+,34+,38-/m0/s1. The molecule has 3 aliphatic rings. The van der Waals surface area contributed by atoms with E-state index in [0.29, 0.717) is 0 Å². The van der Waals surface area contributed by atoms with Crippen molar-refractivity contribution in [3.8, 4) is 23.0 Å². The van der Waals surface area contributed by atoms with Crippen LogP contribution in [0.1, 0.15) is 64.4 Å². The number of phenolic OH excluding ortho intramolecular Hbond substituents is 3. The van der Waals surface area contributed by atoms with Gasteiger partial charge in [-0.3, -0.25) is 14.4 Å². The molecule has 0 aromatic heterocycles. The number of amides is 1. The SMILES string of the molecule is CO[C@H]1/C=C/O[C@@]2(C)Oc3c(C)c(O)c4c(O)c(cc(O)c4c3C2=O)N(C)C(=O)/C(C)=C\C=C\[C@H](C)[C@H](O)[C@@H](C)[C@@H](O)[C@@H](C)[C@H](OC(C)=O)[C@@H]1C. The van der Waals surface area contributed by atoms with Gasteiger partial charge < -0.3 is 49.4 Å². The quantitative estimate of drug-likeness (QED) is 0.212. The number of likely N-dealkylation sites (N-methyl/N-ethyl adjacent to an activating group) is 1. The number of nitrogens with zero attached hydrogens (tertiary/aromatic N) is 1. The molecular formula is C38H49NO12. The molecular weight excluding hydrogens is 662 g/mol. The Morgan fingerprint density at radius 2 is 1.59 bits per heavy atom. The molecule has 9 atom stereocenters. The highest BCUT2D eigenvalue weighted by atomic mass is 16.7. The Morgan fingerprint density at radius 1 is 0.941 bits per heavy atom. The molecule has 2 aromatic carbocycles. The number of carbonyl (C=O) groups excluding carboxylic acids is 3. The largest absolute Gasteiger partial charge is 0.507 e. The Morgan fingerprint density at radius 3 is 2.20 bits per heavy atom. The number of methoxy groups -OCH3 is 1. The Labute approximate surface area is 297 Å². The van der Waals surface area contributed by atoms with Gasteiger partial charge in [-0.15, -0.1) is 0 Å². The van der Waals surface area contributed by atoms with Crippen LogP contribution in [0.4, 0.5) is 5.69 Å². The first-order valence-electron chi connectivity index (χ1n) is 16.8. The Kier molecular flexibility index (Phi) is 11.5. The van der Waals surface area contributed by atoms with Crippen molar-refractivity contribution in [2.24, 2.45) is 23.7 Å². The third kappa shape index (κ3) is 7.15. The van der Waals surface area contributed by atoms with Crippen LogP contribution >= 0.6 is 0 Å². The molecule has 0 aliphatic carbocycles. The topological polar surface area (TPSA) is 193 Å². The van der Waals surface area contributed by atoms with Crippen LogP contribution in [0.15, 0.2) is 42.2 Å². The van der Waals surface area contributed by atoms with Crippen molar-refractivity contribution in [2.75, 3.05) is 19.1 Å². The number of aliphatic hydroxyl groups excluding tert-OH is 2. The summed E-state index contributed by atoms with van der Waals surface area (Å²) in [5.74, 6) is -7.83. The van der Waals surface area contributed by atoms with Crippen molar-refractivity contribution in [3.63, 3.8) is 0 Å². The molecule has 13 heteroatoms. The zero-order valence-electron chi connectivity index (χ0n) is 30.6. The second-order valence-corrected chi connectivity index (χ2v) is 13.8. The van der Waals surface area contributed by atoms with Gasteiger partial charge in [-0.1, -0.05) is 45.9 Å². The third-order valence-corrected chi connectivity index (χ3v) is 10.2. The summed E-state index contributed by atoms with van der Waals surface area (Å²) in [7, 11) is 2.81. The lowest BCUT2D eigenvalue weighted by Crippen LogP contribution is -2.46. The van der Waals surface area contributed by atoms with E-state index in [1.54, 1.807) is 46.8 Å². The van der Waals surface area contributed by atoms with Crippen LogP contribution in [0.25, 0.3) is 10.8 Å². The van der Waals surface area contributed by atoms with Crippen LogP contribution in [-0.2, 0) is 23.8 Å². The van der Waals surface area contributed by atoms with Gasteiger partial charge in [0.2, 0.25) is 0 Å². The van der Waals surface area contributed by atoms with Crippen molar-refractivity contribution in [1.29, 1.82) is 0 Å². The number of allylic oxidation sites excluding steroid dienone is 2. The molecule has 0 saturated carbocycles. The fourth-order valence-electron chi connectivity index (χ4n) is 6.95. The van der Waals surface area contributed by atoms with E-state index in [2.05, 4.69) is 0 Å². The number of fused-ring (bicyclic) bond motifs is 14. The molecule has 1 amide bonds. The molecule has 5 rings (SSSR count). The van der Waals surface area contributed by atoms with Crippen LogP contribution in [0.5, 0.6) is 23.0 Å². The summed E-state index contributed by atoms with van der Waals surface area (Å²) in [5.41, 5.74) is 0.0440. The van der Waals surface area contributed by atoms with Crippen LogP contribution in [-0.4, -0.2) is 87.6 Å². The summed E-state index contributed by atoms with van der Waals surface area (Å²) in [6.45, 7) is 12.5. The number of ether oxygens (including phenoxy) is 4. The molecule has 2 aromatic rings. The Hall–Kier alpha value is -4.59. The number of rotatable bonds is 2. The number of ketones is 1. The number of hydrogen-bond donors (Lipinski definition) is 5. The Balaban J connectivity index is 1.90. The predicted octanol–water partition coefficient (Wildman–Crippen LogP) is 4.78. The highest BCUT2D eigenvalue weighted by Gasteiger charge is 2.49. The number of anilines is 1. The third-order valence-electron chi connectivity index (χ3n) is 10.2. The first-order chi connectivity index (χ1) is 23.8. The molecule has 0 spiro atoms. The number of benzene rings is 2. The van der Waals surface area contributed by atoms with E-state index in [9.17, 15) is 39.9 Å². The van der Waals surface area contributed by atoms with Gasteiger partial charge in [0, 0.05) is 74.3 Å². The van der Waals surface area contributed by atoms with Gasteiger partial charge >= 0.3 is 11.8 Å². The molecule has 278 valence electrons. The molecule has 0 unspecified atom stereocenters. The maximum Gasteiger partial charge on any atom is 0.312 e. The van der Waals surface area contributed by atoms with E-state index in [0.717, 1.165) is 11.0 Å². The van der Waals surface area contributed by atoms with Crippen LogP contribution in [0.3, 0.4) is 0 Å². The van der Waals surface area contributed by atoms with E-state index in [-0.39, 0.29) is 38.9 Å². The van der Waals surface area contributed by atoms with Crippen molar-refractivity contribution < 1.29 is 58.9 Å². The first-order valence-corrected chi connectivity index (χ1v) is 16.8. The summed E-state index contributed by atoms with van der Waals surface area (Å²) in [6.07, 6.45) is 3.69. The van der Waals surface area contributed by atoms with Crippen molar-refractivity contribution in [1.82, 2.24) is 0 Å². The fraction of sp³-hybridized carbons (Fsp3) is 0.500. The second kappa shape index (κ2) is 14.9. The summed E-state index contributed by atoms with van der Waals surface area (Å²) in [5, 5.41) is 56.2. The van der Waals surface area contributed by atoms with E-state index < -0.39 is 88.8 Å². The molecule has 3 heterocycles. The van der Waals surface area contributed by atoms with Gasteiger partial charge in [0.05, 0.1) is 41.2 Å². The number of aliphatic hydroxyl groups is 2. The summed E-state index contributed by atoms with van der Waals surface area (Å²) in [4.78, 5) is 40.8. The fourth-order valence-corrected chi connectivity index (χ4v) is 6.95. The zero-order chi connectivity index (χ0) is 38.3. The normalized spacial score (nSPS) is 33.0. The summed E-state index contributed by atoms with van der Waals surface area (Å²) in [6, 6.07) is 1.12. The number of aromatic hydroxyl groups is 3. The molecule has 5 bridgehead atoms. The van der Waals surface area contributed by atoms with Crippen LogP contribution < -0.4 is 9.64 Å². The number of esters is 1. The maximum absolute atomic E-state index is 14.0. The summed E-state index contributed by atoms with van der Waals surface area (Å²) < 4.78 is 23.3. The highest BCUT2D eigenvalue weighted by Crippen LogP contribution is 2.54. The van der Waals surface area contributed by atoms with Gasteiger partial charge in [-0.05, 0) is 19.9 Å². The molecule has 0 radical (unpaired) electrons. The van der Waals surface area contributed by atoms with Crippen LogP contribution in [0, 0.1) is 30.6 Å². The van der Waals surface area contributed by atoms with Gasteiger partial charge in [0.1, 0.15) is 23.4 Å². The molecule has 0 saturated heterocycles. The average molecular weight is 712 g/mol. The number of carbonyl (C=O) groups is 3. The van der Waals surface area contributed by atoms with Crippen LogP contribution in [0.2, 0.25) is 0 Å². The van der Waals surface area contributed by atoms with Crippen molar-refractivity contribution >= 4 is 34.1 Å². The average Bonchev–Trinajstić information content (AvgIpc) is 3.35. The first kappa shape index (κ1) is 39.2. The van der Waals surface area contributed by atoms with Gasteiger partial charge in [-0.2, -0.15) is 0 Å². The number of hydrogen-bond acceptors (Lipinski definition) is 12. The smallest absolute Gasteiger partial charge is 0.312 e.